The first-order valence-electron chi connectivity index (χ1n) is 14.9. The second-order valence-electron chi connectivity index (χ2n) is 12.1. The van der Waals surface area contributed by atoms with Gasteiger partial charge in [-0.25, -0.2) is 9.97 Å². The second kappa shape index (κ2) is 9.23. The number of fused-ring (bicyclic) bond motifs is 2. The van der Waals surface area contributed by atoms with E-state index in [4.69, 9.17) is 9.97 Å². The van der Waals surface area contributed by atoms with Gasteiger partial charge in [0.05, 0.1) is 29.8 Å². The molecule has 1 atom stereocenters. The van der Waals surface area contributed by atoms with E-state index >= 15 is 0 Å². The first kappa shape index (κ1) is 22.8. The van der Waals surface area contributed by atoms with Crippen LogP contribution in [0.3, 0.4) is 0 Å². The minimum Gasteiger partial charge on any atom is -0.342 e. The van der Waals surface area contributed by atoms with Crippen molar-refractivity contribution in [3.05, 3.63) is 71.6 Å². The Morgan fingerprint density at radius 3 is 1.92 bits per heavy atom. The summed E-state index contributed by atoms with van der Waals surface area (Å²) in [5.41, 5.74) is 10.9. The third kappa shape index (κ3) is 3.78. The van der Waals surface area contributed by atoms with Gasteiger partial charge in [0.25, 0.3) is 0 Å². The minimum absolute atomic E-state index is 0.373. The molecule has 194 valence electrons. The highest BCUT2D eigenvalue weighted by Gasteiger charge is 2.37. The van der Waals surface area contributed by atoms with E-state index in [0.29, 0.717) is 23.8 Å². The molecule has 2 saturated carbocycles. The molecular formula is C33H37N5. The topological polar surface area (TPSA) is 69.4 Å². The molecule has 0 unspecified atom stereocenters. The van der Waals surface area contributed by atoms with Crippen LogP contribution in [0.4, 0.5) is 0 Å². The molecule has 5 heteroatoms. The molecule has 1 saturated heterocycles. The Kier molecular flexibility index (Phi) is 5.53. The normalized spacial score (nSPS) is 24.8. The molecule has 1 aliphatic heterocycles. The Labute approximate surface area is 224 Å². The van der Waals surface area contributed by atoms with E-state index in [1.807, 2.05) is 6.20 Å². The van der Waals surface area contributed by atoms with Gasteiger partial charge in [-0.15, -0.1) is 0 Å². The zero-order valence-corrected chi connectivity index (χ0v) is 22.1. The number of aromatic amines is 2. The maximum absolute atomic E-state index is 4.81. The van der Waals surface area contributed by atoms with Crippen molar-refractivity contribution in [2.24, 2.45) is 0 Å². The van der Waals surface area contributed by atoms with Gasteiger partial charge in [0.15, 0.2) is 0 Å². The minimum atomic E-state index is 0.373. The van der Waals surface area contributed by atoms with E-state index in [1.54, 1.807) is 11.1 Å². The van der Waals surface area contributed by atoms with Gasteiger partial charge in [-0.2, -0.15) is 0 Å². The van der Waals surface area contributed by atoms with Crippen LogP contribution in [0.25, 0.3) is 33.6 Å². The van der Waals surface area contributed by atoms with Crippen molar-refractivity contribution in [2.75, 3.05) is 6.54 Å². The van der Waals surface area contributed by atoms with Crippen LogP contribution >= 0.6 is 0 Å². The van der Waals surface area contributed by atoms with Crippen molar-refractivity contribution in [3.63, 3.8) is 0 Å². The summed E-state index contributed by atoms with van der Waals surface area (Å²) in [6.45, 7) is 1.09. The molecule has 3 fully saturated rings. The van der Waals surface area contributed by atoms with E-state index in [9.17, 15) is 0 Å². The van der Waals surface area contributed by atoms with Gasteiger partial charge in [-0.3, -0.25) is 0 Å². The van der Waals surface area contributed by atoms with Gasteiger partial charge in [-0.1, -0.05) is 49.2 Å². The van der Waals surface area contributed by atoms with Gasteiger partial charge in [0, 0.05) is 11.5 Å². The van der Waals surface area contributed by atoms with Crippen LogP contribution in [0.5, 0.6) is 0 Å². The molecule has 0 radical (unpaired) electrons. The Morgan fingerprint density at radius 2 is 1.18 bits per heavy atom. The number of benzene rings is 2. The van der Waals surface area contributed by atoms with E-state index < -0.39 is 0 Å². The zero-order chi connectivity index (χ0) is 25.1. The Bertz CT molecular complexity index is 1440. The van der Waals surface area contributed by atoms with Crippen molar-refractivity contribution in [1.82, 2.24) is 25.3 Å². The lowest BCUT2D eigenvalue weighted by atomic mass is 9.64. The van der Waals surface area contributed by atoms with Crippen molar-refractivity contribution >= 4 is 0 Å². The SMILES string of the molecule is c1cc(-c2ccc(-c3cnc([C@@H]4CCCN4)[nH]3)c3c2C2CCC3CC2)ccc1-c1cnc(C2CCCC2)[nH]1. The fourth-order valence-corrected chi connectivity index (χ4v) is 7.96. The molecule has 3 heterocycles. The fraction of sp³-hybridized carbons (Fsp3) is 0.455. The maximum atomic E-state index is 4.81. The highest BCUT2D eigenvalue weighted by Crippen LogP contribution is 2.55. The predicted molar refractivity (Wildman–Crippen MR) is 152 cm³/mol. The Hall–Kier alpha value is -3.18. The van der Waals surface area contributed by atoms with Crippen LogP contribution in [0.15, 0.2) is 48.8 Å². The van der Waals surface area contributed by atoms with E-state index in [-0.39, 0.29) is 0 Å². The average Bonchev–Trinajstić information content (AvgIpc) is 3.80. The summed E-state index contributed by atoms with van der Waals surface area (Å²) in [5, 5.41) is 3.59. The summed E-state index contributed by atoms with van der Waals surface area (Å²) in [4.78, 5) is 16.9. The van der Waals surface area contributed by atoms with E-state index in [2.05, 4.69) is 57.9 Å². The van der Waals surface area contributed by atoms with Crippen LogP contribution in [0.1, 0.15) is 111 Å². The lowest BCUT2D eigenvalue weighted by Gasteiger charge is -2.41. The number of hydrogen-bond donors (Lipinski definition) is 3. The first-order chi connectivity index (χ1) is 18.8. The lowest BCUT2D eigenvalue weighted by molar-refractivity contribution is 0.360. The number of imidazole rings is 2. The molecule has 3 N–H and O–H groups in total. The van der Waals surface area contributed by atoms with Crippen LogP contribution in [0.2, 0.25) is 0 Å². The molecule has 2 aromatic carbocycles. The van der Waals surface area contributed by atoms with Gasteiger partial charge in [0.1, 0.15) is 11.6 Å². The summed E-state index contributed by atoms with van der Waals surface area (Å²) in [5.74, 6) is 4.23. The fourth-order valence-electron chi connectivity index (χ4n) is 7.96. The van der Waals surface area contributed by atoms with Crippen LogP contribution < -0.4 is 5.32 Å². The van der Waals surface area contributed by atoms with Crippen LogP contribution in [0, 0.1) is 0 Å². The highest BCUT2D eigenvalue weighted by atomic mass is 15.0. The van der Waals surface area contributed by atoms with E-state index in [0.717, 1.165) is 18.1 Å². The van der Waals surface area contributed by atoms with Crippen LogP contribution in [-0.4, -0.2) is 26.5 Å². The summed E-state index contributed by atoms with van der Waals surface area (Å²) in [6.07, 6.45) is 17.0. The zero-order valence-electron chi connectivity index (χ0n) is 22.1. The quantitative estimate of drug-likeness (QED) is 0.259. The lowest BCUT2D eigenvalue weighted by Crippen LogP contribution is -2.23. The molecule has 5 nitrogen and oxygen atoms in total. The van der Waals surface area contributed by atoms with Gasteiger partial charge in [0.2, 0.25) is 0 Å². The summed E-state index contributed by atoms with van der Waals surface area (Å²) < 4.78 is 0. The second-order valence-corrected chi connectivity index (χ2v) is 12.1. The molecule has 0 amide bonds. The Balaban J connectivity index is 1.14. The standard InChI is InChI=1S/C33H37N5/c1-2-5-24(4-1)32-35-18-28(37-32)21-9-7-20(8-10-21)25-15-16-26(31-23-13-11-22(12-14-23)30(25)31)29-19-36-33(38-29)27-6-3-17-34-27/h7-10,15-16,18-19,22-24,27,34H,1-6,11-14,17H2,(H,35,37)(H,36,38)/t22?,23?,27-/m0/s1. The molecule has 0 spiro atoms. The molecule has 2 aromatic heterocycles. The molecule has 2 bridgehead atoms. The highest BCUT2D eigenvalue weighted by molar-refractivity contribution is 5.79. The number of nitrogens with one attached hydrogen (secondary N) is 3. The summed E-state index contributed by atoms with van der Waals surface area (Å²) >= 11 is 0. The van der Waals surface area contributed by atoms with Gasteiger partial charge >= 0.3 is 0 Å². The molecule has 5 aliphatic rings. The molecule has 38 heavy (non-hydrogen) atoms. The smallest absolute Gasteiger partial charge is 0.123 e. The van der Waals surface area contributed by atoms with Crippen molar-refractivity contribution in [1.29, 1.82) is 0 Å². The number of H-pyrrole nitrogens is 2. The molecule has 9 rings (SSSR count). The van der Waals surface area contributed by atoms with Crippen molar-refractivity contribution in [2.45, 2.75) is 88.0 Å². The van der Waals surface area contributed by atoms with Crippen LogP contribution in [-0.2, 0) is 0 Å². The monoisotopic (exact) mass is 503 g/mol. The Morgan fingerprint density at radius 1 is 0.553 bits per heavy atom. The third-order valence-electron chi connectivity index (χ3n) is 9.95. The van der Waals surface area contributed by atoms with Gasteiger partial charge in [-0.05, 0) is 97.6 Å². The molecular weight excluding hydrogens is 466 g/mol. The number of aromatic nitrogens is 4. The largest absolute Gasteiger partial charge is 0.342 e. The summed E-state index contributed by atoms with van der Waals surface area (Å²) in [7, 11) is 0. The number of rotatable bonds is 5. The van der Waals surface area contributed by atoms with Crippen molar-refractivity contribution in [3.8, 4) is 33.6 Å². The van der Waals surface area contributed by atoms with Crippen molar-refractivity contribution < 1.29 is 0 Å². The average molecular weight is 504 g/mol. The predicted octanol–water partition coefficient (Wildman–Crippen LogP) is 7.97. The first-order valence-corrected chi connectivity index (χ1v) is 14.9. The molecule has 4 aromatic rings. The van der Waals surface area contributed by atoms with E-state index in [1.165, 1.54) is 98.0 Å². The maximum Gasteiger partial charge on any atom is 0.123 e. The number of hydrogen-bond acceptors (Lipinski definition) is 3. The third-order valence-corrected chi connectivity index (χ3v) is 9.95. The molecule has 4 aliphatic carbocycles. The number of nitrogens with zero attached hydrogens (tertiary/aromatic N) is 2. The van der Waals surface area contributed by atoms with Gasteiger partial charge < -0.3 is 15.3 Å². The summed E-state index contributed by atoms with van der Waals surface area (Å²) in [6, 6.07) is 14.3.